The Bertz CT molecular complexity index is 563. The van der Waals surface area contributed by atoms with Gasteiger partial charge in [-0.3, -0.25) is 0 Å². The third kappa shape index (κ3) is 3.55. The highest BCUT2D eigenvalue weighted by molar-refractivity contribution is 7.11. The first-order valence-electron chi connectivity index (χ1n) is 6.14. The summed E-state index contributed by atoms with van der Waals surface area (Å²) in [7, 11) is 0. The van der Waals surface area contributed by atoms with Crippen molar-refractivity contribution in [3.63, 3.8) is 0 Å². The Morgan fingerprint density at radius 1 is 1.20 bits per heavy atom. The SMILES string of the molecule is CCC(N)c1nnc(Cc2ccc(C(F)(F)F)cc2)s1. The van der Waals surface area contributed by atoms with Gasteiger partial charge in [-0.2, -0.15) is 13.2 Å². The van der Waals surface area contributed by atoms with Crippen LogP contribution in [0.5, 0.6) is 0 Å². The maximum atomic E-state index is 12.4. The Hall–Kier alpha value is -1.47. The molecule has 3 nitrogen and oxygen atoms in total. The highest BCUT2D eigenvalue weighted by atomic mass is 32.1. The zero-order valence-electron chi connectivity index (χ0n) is 10.8. The van der Waals surface area contributed by atoms with Gasteiger partial charge in [0.25, 0.3) is 0 Å². The van der Waals surface area contributed by atoms with Crippen molar-refractivity contribution in [1.82, 2.24) is 10.2 Å². The van der Waals surface area contributed by atoms with E-state index in [0.717, 1.165) is 34.1 Å². The van der Waals surface area contributed by atoms with Crippen LogP contribution >= 0.6 is 11.3 Å². The molecule has 1 heterocycles. The molecule has 108 valence electrons. The summed E-state index contributed by atoms with van der Waals surface area (Å²) in [4.78, 5) is 0. The first-order chi connectivity index (χ1) is 9.40. The summed E-state index contributed by atoms with van der Waals surface area (Å²) >= 11 is 1.40. The van der Waals surface area contributed by atoms with Crippen molar-refractivity contribution in [3.05, 3.63) is 45.4 Å². The highest BCUT2D eigenvalue weighted by Crippen LogP contribution is 2.29. The van der Waals surface area contributed by atoms with Crippen LogP contribution in [0.4, 0.5) is 13.2 Å². The van der Waals surface area contributed by atoms with Gasteiger partial charge >= 0.3 is 6.18 Å². The smallest absolute Gasteiger partial charge is 0.322 e. The topological polar surface area (TPSA) is 51.8 Å². The number of benzene rings is 1. The van der Waals surface area contributed by atoms with E-state index >= 15 is 0 Å². The Kier molecular flexibility index (Phi) is 4.39. The van der Waals surface area contributed by atoms with Gasteiger partial charge < -0.3 is 5.73 Å². The second-order valence-corrected chi connectivity index (χ2v) is 5.51. The molecular formula is C13H14F3N3S. The van der Waals surface area contributed by atoms with Crippen LogP contribution in [0.3, 0.4) is 0 Å². The van der Waals surface area contributed by atoms with E-state index in [1.54, 1.807) is 0 Å². The van der Waals surface area contributed by atoms with Crippen LogP contribution in [0.2, 0.25) is 0 Å². The minimum atomic E-state index is -4.30. The third-order valence-electron chi connectivity index (χ3n) is 2.88. The summed E-state index contributed by atoms with van der Waals surface area (Å²) in [6, 6.07) is 4.95. The molecule has 7 heteroatoms. The molecule has 0 aliphatic rings. The van der Waals surface area contributed by atoms with E-state index in [4.69, 9.17) is 5.73 Å². The molecule has 1 aromatic carbocycles. The van der Waals surface area contributed by atoms with Crippen molar-refractivity contribution < 1.29 is 13.2 Å². The molecule has 0 saturated carbocycles. The van der Waals surface area contributed by atoms with Crippen LogP contribution in [0, 0.1) is 0 Å². The summed E-state index contributed by atoms with van der Waals surface area (Å²) < 4.78 is 37.3. The average Bonchev–Trinajstić information content (AvgIpc) is 2.86. The van der Waals surface area contributed by atoms with E-state index in [0.29, 0.717) is 6.42 Å². The molecule has 2 aromatic rings. The molecule has 0 radical (unpaired) electrons. The fourth-order valence-electron chi connectivity index (χ4n) is 1.65. The monoisotopic (exact) mass is 301 g/mol. The van der Waals surface area contributed by atoms with Gasteiger partial charge in [-0.05, 0) is 24.1 Å². The zero-order valence-corrected chi connectivity index (χ0v) is 11.6. The minimum Gasteiger partial charge on any atom is -0.322 e. The predicted molar refractivity (Wildman–Crippen MR) is 71.4 cm³/mol. The minimum absolute atomic E-state index is 0.131. The van der Waals surface area contributed by atoms with Gasteiger partial charge in [-0.25, -0.2) is 0 Å². The first-order valence-corrected chi connectivity index (χ1v) is 6.95. The van der Waals surface area contributed by atoms with E-state index in [9.17, 15) is 13.2 Å². The maximum Gasteiger partial charge on any atom is 0.416 e. The normalized spacial score (nSPS) is 13.4. The van der Waals surface area contributed by atoms with Gasteiger partial charge in [-0.1, -0.05) is 30.4 Å². The average molecular weight is 301 g/mol. The number of rotatable bonds is 4. The number of halogens is 3. The second-order valence-electron chi connectivity index (χ2n) is 4.42. The van der Waals surface area contributed by atoms with Crippen molar-refractivity contribution in [2.45, 2.75) is 32.0 Å². The fraction of sp³-hybridized carbons (Fsp3) is 0.385. The van der Waals surface area contributed by atoms with Crippen molar-refractivity contribution in [2.75, 3.05) is 0 Å². The number of nitrogens with two attached hydrogens (primary N) is 1. The molecule has 0 aliphatic heterocycles. The predicted octanol–water partition coefficient (Wildman–Crippen LogP) is 3.56. The van der Waals surface area contributed by atoms with Gasteiger partial charge in [0.15, 0.2) is 0 Å². The molecule has 0 aliphatic carbocycles. The quantitative estimate of drug-likeness (QED) is 0.939. The lowest BCUT2D eigenvalue weighted by atomic mass is 10.1. The van der Waals surface area contributed by atoms with Crippen molar-refractivity contribution in [1.29, 1.82) is 0 Å². The van der Waals surface area contributed by atoms with E-state index < -0.39 is 11.7 Å². The lowest BCUT2D eigenvalue weighted by Gasteiger charge is -2.06. The number of aromatic nitrogens is 2. The lowest BCUT2D eigenvalue weighted by Crippen LogP contribution is -2.07. The Morgan fingerprint density at radius 2 is 1.85 bits per heavy atom. The van der Waals surface area contributed by atoms with E-state index in [1.807, 2.05) is 6.92 Å². The summed E-state index contributed by atoms with van der Waals surface area (Å²) in [6.45, 7) is 1.96. The van der Waals surface area contributed by atoms with Gasteiger partial charge in [0.1, 0.15) is 10.0 Å². The van der Waals surface area contributed by atoms with Crippen LogP contribution in [0.1, 0.15) is 40.5 Å². The fourth-order valence-corrected chi connectivity index (χ4v) is 2.61. The standard InChI is InChI=1S/C13H14F3N3S/c1-2-10(17)12-19-18-11(20-12)7-8-3-5-9(6-4-8)13(14,15)16/h3-6,10H,2,7,17H2,1H3. The van der Waals surface area contributed by atoms with Gasteiger partial charge in [0.05, 0.1) is 11.6 Å². The first kappa shape index (κ1) is 14.9. The van der Waals surface area contributed by atoms with Crippen LogP contribution < -0.4 is 5.73 Å². The molecule has 0 fully saturated rings. The van der Waals surface area contributed by atoms with Crippen LogP contribution in [-0.4, -0.2) is 10.2 Å². The second kappa shape index (κ2) is 5.88. The Morgan fingerprint density at radius 3 is 2.40 bits per heavy atom. The number of hydrogen-bond donors (Lipinski definition) is 1. The molecule has 2 rings (SSSR count). The summed E-state index contributed by atoms with van der Waals surface area (Å²) in [5, 5.41) is 9.53. The summed E-state index contributed by atoms with van der Waals surface area (Å²) in [5.41, 5.74) is 5.97. The zero-order chi connectivity index (χ0) is 14.8. The van der Waals surface area contributed by atoms with E-state index in [1.165, 1.54) is 23.5 Å². The molecule has 0 amide bonds. The molecule has 20 heavy (non-hydrogen) atoms. The molecule has 0 spiro atoms. The number of nitrogens with zero attached hydrogens (tertiary/aromatic N) is 2. The van der Waals surface area contributed by atoms with Gasteiger partial charge in [0.2, 0.25) is 0 Å². The highest BCUT2D eigenvalue weighted by Gasteiger charge is 2.29. The van der Waals surface area contributed by atoms with Gasteiger partial charge in [-0.15, -0.1) is 10.2 Å². The Balaban J connectivity index is 2.08. The van der Waals surface area contributed by atoms with Crippen LogP contribution in [-0.2, 0) is 12.6 Å². The van der Waals surface area contributed by atoms with Gasteiger partial charge in [0, 0.05) is 6.42 Å². The van der Waals surface area contributed by atoms with E-state index in [2.05, 4.69) is 10.2 Å². The lowest BCUT2D eigenvalue weighted by molar-refractivity contribution is -0.137. The molecule has 1 aromatic heterocycles. The van der Waals surface area contributed by atoms with Crippen molar-refractivity contribution >= 4 is 11.3 Å². The van der Waals surface area contributed by atoms with Crippen molar-refractivity contribution in [2.24, 2.45) is 5.73 Å². The molecule has 1 unspecified atom stereocenters. The number of alkyl halides is 3. The molecule has 2 N–H and O–H groups in total. The van der Waals surface area contributed by atoms with E-state index in [-0.39, 0.29) is 6.04 Å². The largest absolute Gasteiger partial charge is 0.416 e. The van der Waals surface area contributed by atoms with Crippen molar-refractivity contribution in [3.8, 4) is 0 Å². The summed E-state index contributed by atoms with van der Waals surface area (Å²) in [5.74, 6) is 0. The number of hydrogen-bond acceptors (Lipinski definition) is 4. The van der Waals surface area contributed by atoms with Crippen LogP contribution in [0.15, 0.2) is 24.3 Å². The summed E-state index contributed by atoms with van der Waals surface area (Å²) in [6.07, 6.45) is -3.07. The molecular weight excluding hydrogens is 287 g/mol. The Labute approximate surface area is 118 Å². The third-order valence-corrected chi connectivity index (χ3v) is 3.93. The maximum absolute atomic E-state index is 12.4. The molecule has 0 bridgehead atoms. The molecule has 1 atom stereocenters. The molecule has 0 saturated heterocycles. The van der Waals surface area contributed by atoms with Crippen LogP contribution in [0.25, 0.3) is 0 Å².